The van der Waals surface area contributed by atoms with Crippen molar-refractivity contribution >= 4 is 29.1 Å². The molecule has 0 fully saturated rings. The van der Waals surface area contributed by atoms with E-state index in [0.29, 0.717) is 17.2 Å². The maximum Gasteiger partial charge on any atom is 0.436 e. The van der Waals surface area contributed by atoms with Crippen LogP contribution in [-0.2, 0) is 19.5 Å². The molecule has 0 saturated carbocycles. The van der Waals surface area contributed by atoms with Gasteiger partial charge in [0, 0.05) is 24.3 Å². The molecule has 0 aliphatic heterocycles. The first-order valence-electron chi connectivity index (χ1n) is 9.15. The second-order valence-electron chi connectivity index (χ2n) is 6.55. The largest absolute Gasteiger partial charge is 0.471 e. The van der Waals surface area contributed by atoms with Gasteiger partial charge < -0.3 is 10.1 Å². The van der Waals surface area contributed by atoms with Gasteiger partial charge in [-0.2, -0.15) is 23.4 Å². The van der Waals surface area contributed by atoms with Crippen LogP contribution in [0.5, 0.6) is 5.75 Å². The van der Waals surface area contributed by atoms with E-state index in [0.717, 1.165) is 0 Å². The first-order chi connectivity index (χ1) is 14.6. The number of carbonyl (C=O) groups excluding carboxylic acids is 1. The standard InChI is InChI=1S/C19H18Cl2F3N5O2/c1-12-16(21)17(19(22,23)24)27-29(12)8-3-7-25-18(30)15-6-9-28(26-15)11-31-14-5-2-4-13(20)10-14/h2,4-6,9-10H,3,7-8,11H2,1H3,(H,25,30). The molecular formula is C19H18Cl2F3N5O2. The molecular weight excluding hydrogens is 458 g/mol. The Labute approximate surface area is 185 Å². The van der Waals surface area contributed by atoms with E-state index in [1.165, 1.54) is 22.4 Å². The van der Waals surface area contributed by atoms with Crippen molar-refractivity contribution in [3.63, 3.8) is 0 Å². The van der Waals surface area contributed by atoms with Crippen LogP contribution in [0.1, 0.15) is 28.3 Å². The lowest BCUT2D eigenvalue weighted by atomic mass is 10.3. The minimum atomic E-state index is -4.61. The van der Waals surface area contributed by atoms with Gasteiger partial charge >= 0.3 is 6.18 Å². The van der Waals surface area contributed by atoms with Crippen molar-refractivity contribution in [2.45, 2.75) is 32.8 Å². The highest BCUT2D eigenvalue weighted by atomic mass is 35.5. The van der Waals surface area contributed by atoms with Gasteiger partial charge in [-0.25, -0.2) is 4.68 Å². The number of rotatable bonds is 8. The number of benzene rings is 1. The summed E-state index contributed by atoms with van der Waals surface area (Å²) in [6.07, 6.45) is -2.66. The van der Waals surface area contributed by atoms with Gasteiger partial charge in [0.1, 0.15) is 11.4 Å². The van der Waals surface area contributed by atoms with Crippen molar-refractivity contribution in [1.82, 2.24) is 24.9 Å². The number of aromatic nitrogens is 4. The van der Waals surface area contributed by atoms with E-state index >= 15 is 0 Å². The number of nitrogens with one attached hydrogen (secondary N) is 1. The summed E-state index contributed by atoms with van der Waals surface area (Å²) in [4.78, 5) is 12.2. The number of nitrogens with zero attached hydrogens (tertiary/aromatic N) is 4. The summed E-state index contributed by atoms with van der Waals surface area (Å²) in [6.45, 7) is 1.95. The molecule has 3 aromatic rings. The lowest BCUT2D eigenvalue weighted by Crippen LogP contribution is -2.26. The lowest BCUT2D eigenvalue weighted by Gasteiger charge is -2.07. The Kier molecular flexibility index (Phi) is 7.11. The number of alkyl halides is 3. The minimum Gasteiger partial charge on any atom is -0.471 e. The maximum atomic E-state index is 12.9. The monoisotopic (exact) mass is 475 g/mol. The van der Waals surface area contributed by atoms with Gasteiger partial charge in [0.25, 0.3) is 5.91 Å². The predicted molar refractivity (Wildman–Crippen MR) is 108 cm³/mol. The summed E-state index contributed by atoms with van der Waals surface area (Å²) >= 11 is 11.6. The van der Waals surface area contributed by atoms with Gasteiger partial charge in [0.05, 0.1) is 10.7 Å². The van der Waals surface area contributed by atoms with E-state index in [9.17, 15) is 18.0 Å². The van der Waals surface area contributed by atoms with E-state index in [1.54, 1.807) is 30.5 Å². The highest BCUT2D eigenvalue weighted by Gasteiger charge is 2.38. The van der Waals surface area contributed by atoms with Crippen molar-refractivity contribution in [2.24, 2.45) is 0 Å². The summed E-state index contributed by atoms with van der Waals surface area (Å²) in [5, 5.41) is 10.4. The number of amides is 1. The van der Waals surface area contributed by atoms with Gasteiger partial charge in [-0.3, -0.25) is 9.48 Å². The Morgan fingerprint density at radius 2 is 2.00 bits per heavy atom. The molecule has 166 valence electrons. The number of ether oxygens (including phenoxy) is 1. The van der Waals surface area contributed by atoms with Gasteiger partial charge in [0.2, 0.25) is 0 Å². The molecule has 0 unspecified atom stereocenters. The number of halogens is 5. The van der Waals surface area contributed by atoms with Crippen LogP contribution in [0.15, 0.2) is 36.5 Å². The van der Waals surface area contributed by atoms with Crippen LogP contribution in [0.2, 0.25) is 10.0 Å². The molecule has 0 bridgehead atoms. The van der Waals surface area contributed by atoms with Crippen molar-refractivity contribution in [1.29, 1.82) is 0 Å². The Balaban J connectivity index is 1.46. The van der Waals surface area contributed by atoms with Gasteiger partial charge in [-0.05, 0) is 37.6 Å². The second kappa shape index (κ2) is 9.61. The second-order valence-corrected chi connectivity index (χ2v) is 7.36. The van der Waals surface area contributed by atoms with E-state index < -0.39 is 22.8 Å². The molecule has 31 heavy (non-hydrogen) atoms. The van der Waals surface area contributed by atoms with Crippen LogP contribution in [0.25, 0.3) is 0 Å². The molecule has 2 heterocycles. The minimum absolute atomic E-state index is 0.0918. The zero-order valence-corrected chi connectivity index (χ0v) is 17.8. The molecule has 0 radical (unpaired) electrons. The molecule has 2 aromatic heterocycles. The van der Waals surface area contributed by atoms with Crippen LogP contribution in [0.3, 0.4) is 0 Å². The van der Waals surface area contributed by atoms with E-state index in [4.69, 9.17) is 27.9 Å². The highest BCUT2D eigenvalue weighted by molar-refractivity contribution is 6.32. The van der Waals surface area contributed by atoms with E-state index in [2.05, 4.69) is 15.5 Å². The Morgan fingerprint density at radius 3 is 2.68 bits per heavy atom. The van der Waals surface area contributed by atoms with Crippen LogP contribution in [-0.4, -0.2) is 32.0 Å². The summed E-state index contributed by atoms with van der Waals surface area (Å²) in [5.74, 6) is 0.157. The fourth-order valence-corrected chi connectivity index (χ4v) is 3.12. The third kappa shape index (κ3) is 5.92. The van der Waals surface area contributed by atoms with Crippen molar-refractivity contribution in [2.75, 3.05) is 6.54 Å². The van der Waals surface area contributed by atoms with Gasteiger partial charge in [-0.15, -0.1) is 0 Å². The first kappa shape index (κ1) is 23.0. The zero-order chi connectivity index (χ0) is 22.6. The van der Waals surface area contributed by atoms with Crippen LogP contribution >= 0.6 is 23.2 Å². The molecule has 3 rings (SSSR count). The molecule has 12 heteroatoms. The smallest absolute Gasteiger partial charge is 0.436 e. The molecule has 0 saturated heterocycles. The van der Waals surface area contributed by atoms with Crippen LogP contribution in [0, 0.1) is 6.92 Å². The van der Waals surface area contributed by atoms with Crippen LogP contribution in [0.4, 0.5) is 13.2 Å². The van der Waals surface area contributed by atoms with Crippen LogP contribution < -0.4 is 10.1 Å². The molecule has 1 N–H and O–H groups in total. The quantitative estimate of drug-likeness (QED) is 0.484. The Bertz CT molecular complexity index is 1070. The number of hydrogen-bond donors (Lipinski definition) is 1. The predicted octanol–water partition coefficient (Wildman–Crippen LogP) is 4.57. The summed E-state index contributed by atoms with van der Waals surface area (Å²) < 4.78 is 46.7. The third-order valence-electron chi connectivity index (χ3n) is 4.27. The molecule has 1 aromatic carbocycles. The molecule has 7 nitrogen and oxygen atoms in total. The third-order valence-corrected chi connectivity index (χ3v) is 4.95. The zero-order valence-electron chi connectivity index (χ0n) is 16.3. The Hall–Kier alpha value is -2.72. The average molecular weight is 476 g/mol. The molecule has 0 aliphatic rings. The molecule has 0 spiro atoms. The fraction of sp³-hybridized carbons (Fsp3) is 0.316. The van der Waals surface area contributed by atoms with Crippen molar-refractivity contribution in [3.8, 4) is 5.75 Å². The number of aryl methyl sites for hydroxylation is 1. The maximum absolute atomic E-state index is 12.9. The normalized spacial score (nSPS) is 11.5. The molecule has 0 atom stereocenters. The molecule has 0 aliphatic carbocycles. The highest BCUT2D eigenvalue weighted by Crippen LogP contribution is 2.35. The van der Waals surface area contributed by atoms with Crippen molar-refractivity contribution < 1.29 is 22.7 Å². The fourth-order valence-electron chi connectivity index (χ4n) is 2.70. The van der Waals surface area contributed by atoms with Gasteiger partial charge in [-0.1, -0.05) is 29.3 Å². The molecule has 1 amide bonds. The van der Waals surface area contributed by atoms with Gasteiger partial charge in [0.15, 0.2) is 12.4 Å². The van der Waals surface area contributed by atoms with E-state index in [-0.39, 0.29) is 31.2 Å². The summed E-state index contributed by atoms with van der Waals surface area (Å²) in [5.41, 5.74) is -0.702. The van der Waals surface area contributed by atoms with E-state index in [1.807, 2.05) is 0 Å². The van der Waals surface area contributed by atoms with Crippen molar-refractivity contribution in [3.05, 3.63) is 63.7 Å². The number of hydrogen-bond acceptors (Lipinski definition) is 4. The summed E-state index contributed by atoms with van der Waals surface area (Å²) in [7, 11) is 0. The first-order valence-corrected chi connectivity index (χ1v) is 9.91. The summed E-state index contributed by atoms with van der Waals surface area (Å²) in [6, 6.07) is 8.41. The topological polar surface area (TPSA) is 74.0 Å². The average Bonchev–Trinajstić information content (AvgIpc) is 3.29. The Morgan fingerprint density at radius 1 is 1.23 bits per heavy atom. The number of carbonyl (C=O) groups is 1. The lowest BCUT2D eigenvalue weighted by molar-refractivity contribution is -0.141. The SMILES string of the molecule is Cc1c(Cl)c(C(F)(F)F)nn1CCCNC(=O)c1ccn(COc2cccc(Cl)c2)n1.